The second kappa shape index (κ2) is 6.71. The van der Waals surface area contributed by atoms with E-state index in [-0.39, 0.29) is 5.69 Å². The minimum atomic E-state index is -0.539. The molecule has 110 valence electrons. The second-order valence-corrected chi connectivity index (χ2v) is 4.33. The summed E-state index contributed by atoms with van der Waals surface area (Å²) in [4.78, 5) is 11.8. The molecular weight excluding hydrogens is 273 g/mol. The fourth-order valence-electron chi connectivity index (χ4n) is 1.74. The first-order valence-electron chi connectivity index (χ1n) is 6.33. The van der Waals surface area contributed by atoms with Crippen molar-refractivity contribution in [3.8, 4) is 5.75 Å². The Kier molecular flexibility index (Phi) is 4.73. The highest BCUT2D eigenvalue weighted by atomic mass is 19.1. The highest BCUT2D eigenvalue weighted by molar-refractivity contribution is 5.99. The number of rotatable bonds is 4. The Morgan fingerprint density at radius 2 is 1.90 bits per heavy atom. The van der Waals surface area contributed by atoms with E-state index in [0.717, 1.165) is 5.56 Å². The van der Waals surface area contributed by atoms with Gasteiger partial charge in [-0.3, -0.25) is 0 Å². The van der Waals surface area contributed by atoms with Crippen LogP contribution in [0.3, 0.4) is 0 Å². The summed E-state index contributed by atoms with van der Waals surface area (Å²) in [5.74, 6) is -0.0802. The molecule has 0 aliphatic carbocycles. The average molecular weight is 289 g/mol. The predicted octanol–water partition coefficient (Wildman–Crippen LogP) is 2.94. The molecule has 0 aliphatic heterocycles. The predicted molar refractivity (Wildman–Crippen MR) is 79.9 cm³/mol. The number of halogens is 1. The van der Waals surface area contributed by atoms with E-state index < -0.39 is 11.8 Å². The van der Waals surface area contributed by atoms with Gasteiger partial charge >= 0.3 is 6.03 Å². The Hall–Kier alpha value is -2.60. The molecule has 0 aromatic heterocycles. The van der Waals surface area contributed by atoms with E-state index in [1.54, 1.807) is 12.1 Å². The van der Waals surface area contributed by atoms with E-state index in [1.807, 2.05) is 12.1 Å². The number of carbonyl (C=O) groups is 1. The fraction of sp³-hybridized carbons (Fsp3) is 0.133. The van der Waals surface area contributed by atoms with E-state index in [1.165, 1.54) is 25.3 Å². The number of methoxy groups -OCH3 is 1. The summed E-state index contributed by atoms with van der Waals surface area (Å²) in [7, 11) is 1.47. The third-order valence-corrected chi connectivity index (χ3v) is 2.87. The Balaban J connectivity index is 2.04. The van der Waals surface area contributed by atoms with Crippen LogP contribution >= 0.6 is 0 Å². The summed E-state index contributed by atoms with van der Waals surface area (Å²) >= 11 is 0. The van der Waals surface area contributed by atoms with Gasteiger partial charge in [-0.1, -0.05) is 12.1 Å². The average Bonchev–Trinajstić information content (AvgIpc) is 2.50. The number of nitrogens with two attached hydrogens (primary N) is 1. The lowest BCUT2D eigenvalue weighted by Gasteiger charge is -2.10. The minimum Gasteiger partial charge on any atom is -0.497 e. The molecule has 0 heterocycles. The van der Waals surface area contributed by atoms with Crippen molar-refractivity contribution in [2.45, 2.75) is 6.54 Å². The summed E-state index contributed by atoms with van der Waals surface area (Å²) < 4.78 is 18.6. The molecule has 2 aromatic carbocycles. The molecule has 0 atom stereocenters. The molecule has 0 radical (unpaired) electrons. The van der Waals surface area contributed by atoms with Crippen molar-refractivity contribution in [2.24, 2.45) is 5.73 Å². The van der Waals surface area contributed by atoms with Crippen LogP contribution in [-0.4, -0.2) is 13.1 Å². The van der Waals surface area contributed by atoms with E-state index >= 15 is 0 Å². The lowest BCUT2D eigenvalue weighted by molar-refractivity contribution is 0.262. The highest BCUT2D eigenvalue weighted by Crippen LogP contribution is 2.21. The number of amides is 2. The van der Waals surface area contributed by atoms with Gasteiger partial charge in [0, 0.05) is 18.3 Å². The molecule has 2 rings (SSSR count). The van der Waals surface area contributed by atoms with Crippen LogP contribution in [0.5, 0.6) is 5.75 Å². The van der Waals surface area contributed by atoms with Gasteiger partial charge in [0.1, 0.15) is 11.6 Å². The Labute approximate surface area is 121 Å². The van der Waals surface area contributed by atoms with Crippen molar-refractivity contribution in [1.29, 1.82) is 0 Å². The summed E-state index contributed by atoms with van der Waals surface area (Å²) in [6.07, 6.45) is 0. The molecule has 0 aliphatic rings. The number of urea groups is 1. The van der Waals surface area contributed by atoms with Gasteiger partial charge in [-0.25, -0.2) is 9.18 Å². The van der Waals surface area contributed by atoms with Crippen LogP contribution in [0, 0.1) is 5.82 Å². The molecular formula is C15H16FN3O2. The summed E-state index contributed by atoms with van der Waals surface area (Å²) in [6.45, 7) is 0.432. The Bertz CT molecular complexity index is 629. The Morgan fingerprint density at radius 1 is 1.19 bits per heavy atom. The topological polar surface area (TPSA) is 76.4 Å². The number of hydrogen-bond acceptors (Lipinski definition) is 3. The third kappa shape index (κ3) is 3.93. The normalized spacial score (nSPS) is 10.0. The molecule has 2 aromatic rings. The molecule has 0 unspecified atom stereocenters. The van der Waals surface area contributed by atoms with Crippen LogP contribution in [0.25, 0.3) is 0 Å². The summed E-state index contributed by atoms with van der Waals surface area (Å²) in [5.41, 5.74) is 7.09. The first-order chi connectivity index (χ1) is 10.1. The number of benzene rings is 2. The first kappa shape index (κ1) is 14.8. The van der Waals surface area contributed by atoms with Crippen LogP contribution in [0.2, 0.25) is 0 Å². The molecule has 0 saturated carbocycles. The van der Waals surface area contributed by atoms with E-state index in [9.17, 15) is 9.18 Å². The smallest absolute Gasteiger partial charge is 0.323 e. The molecule has 2 amide bonds. The molecule has 0 fully saturated rings. The number of hydrogen-bond donors (Lipinski definition) is 3. The minimum absolute atomic E-state index is 0.0467. The molecule has 5 nitrogen and oxygen atoms in total. The van der Waals surface area contributed by atoms with Crippen LogP contribution in [0.15, 0.2) is 42.5 Å². The van der Waals surface area contributed by atoms with Crippen molar-refractivity contribution < 1.29 is 13.9 Å². The van der Waals surface area contributed by atoms with Crippen LogP contribution < -0.4 is 21.1 Å². The van der Waals surface area contributed by atoms with Crippen molar-refractivity contribution in [2.75, 3.05) is 17.7 Å². The van der Waals surface area contributed by atoms with Crippen molar-refractivity contribution in [3.05, 3.63) is 53.8 Å². The summed E-state index contributed by atoms with van der Waals surface area (Å²) in [5, 5.41) is 5.04. The molecule has 0 bridgehead atoms. The van der Waals surface area contributed by atoms with Gasteiger partial charge in [0.05, 0.1) is 12.8 Å². The van der Waals surface area contributed by atoms with Crippen molar-refractivity contribution >= 4 is 17.4 Å². The Morgan fingerprint density at radius 3 is 2.52 bits per heavy atom. The van der Waals surface area contributed by atoms with Gasteiger partial charge in [-0.2, -0.15) is 0 Å². The maximum Gasteiger partial charge on any atom is 0.323 e. The first-order valence-corrected chi connectivity index (χ1v) is 6.33. The van der Waals surface area contributed by atoms with Crippen LogP contribution in [-0.2, 0) is 6.54 Å². The molecule has 21 heavy (non-hydrogen) atoms. The van der Waals surface area contributed by atoms with Gasteiger partial charge < -0.3 is 21.1 Å². The monoisotopic (exact) mass is 289 g/mol. The van der Waals surface area contributed by atoms with E-state index in [2.05, 4.69) is 10.6 Å². The number of anilines is 2. The SMILES string of the molecule is COc1ccc(F)c(NC(=O)Nc2ccc(CN)cc2)c1. The molecule has 0 spiro atoms. The molecule has 6 heteroatoms. The fourth-order valence-corrected chi connectivity index (χ4v) is 1.74. The van der Waals surface area contributed by atoms with E-state index in [4.69, 9.17) is 10.5 Å². The highest BCUT2D eigenvalue weighted by Gasteiger charge is 2.08. The molecule has 4 N–H and O–H groups in total. The van der Waals surface area contributed by atoms with Gasteiger partial charge in [-0.15, -0.1) is 0 Å². The maximum atomic E-state index is 13.6. The molecule has 0 saturated heterocycles. The summed E-state index contributed by atoms with van der Waals surface area (Å²) in [6, 6.07) is 10.6. The maximum absolute atomic E-state index is 13.6. The van der Waals surface area contributed by atoms with Gasteiger partial charge in [0.15, 0.2) is 0 Å². The zero-order chi connectivity index (χ0) is 15.2. The lowest BCUT2D eigenvalue weighted by Crippen LogP contribution is -2.20. The van der Waals surface area contributed by atoms with Crippen molar-refractivity contribution in [3.63, 3.8) is 0 Å². The van der Waals surface area contributed by atoms with E-state index in [0.29, 0.717) is 18.0 Å². The van der Waals surface area contributed by atoms with Crippen LogP contribution in [0.4, 0.5) is 20.6 Å². The lowest BCUT2D eigenvalue weighted by atomic mass is 10.2. The van der Waals surface area contributed by atoms with Crippen LogP contribution in [0.1, 0.15) is 5.56 Å². The zero-order valence-electron chi connectivity index (χ0n) is 11.5. The quantitative estimate of drug-likeness (QED) is 0.810. The number of carbonyl (C=O) groups excluding carboxylic acids is 1. The largest absolute Gasteiger partial charge is 0.497 e. The standard InChI is InChI=1S/C15H16FN3O2/c1-21-12-6-7-13(16)14(8-12)19-15(20)18-11-4-2-10(9-17)3-5-11/h2-8H,9,17H2,1H3,(H2,18,19,20). The van der Waals surface area contributed by atoms with Gasteiger partial charge in [0.2, 0.25) is 0 Å². The van der Waals surface area contributed by atoms with Gasteiger partial charge in [-0.05, 0) is 29.8 Å². The number of nitrogens with one attached hydrogen (secondary N) is 2. The van der Waals surface area contributed by atoms with Gasteiger partial charge in [0.25, 0.3) is 0 Å². The van der Waals surface area contributed by atoms with Crippen molar-refractivity contribution in [1.82, 2.24) is 0 Å². The second-order valence-electron chi connectivity index (χ2n) is 4.33. The third-order valence-electron chi connectivity index (χ3n) is 2.87. The zero-order valence-corrected chi connectivity index (χ0v) is 11.5. The number of ether oxygens (including phenoxy) is 1.